The van der Waals surface area contributed by atoms with E-state index in [1.807, 2.05) is 18.2 Å². The lowest BCUT2D eigenvalue weighted by Crippen LogP contribution is -2.47. The lowest BCUT2D eigenvalue weighted by molar-refractivity contribution is -0.125. The molecule has 2 saturated heterocycles. The highest BCUT2D eigenvalue weighted by Gasteiger charge is 2.54. The van der Waals surface area contributed by atoms with Crippen LogP contribution in [-0.4, -0.2) is 68.5 Å². The predicted molar refractivity (Wildman–Crippen MR) is 189 cm³/mol. The van der Waals surface area contributed by atoms with Gasteiger partial charge in [0.1, 0.15) is 16.5 Å². The highest BCUT2D eigenvalue weighted by atomic mass is 35.5. The Morgan fingerprint density at radius 3 is 2.33 bits per heavy atom. The second-order valence-corrected chi connectivity index (χ2v) is 15.3. The van der Waals surface area contributed by atoms with E-state index in [9.17, 15) is 22.0 Å². The molecule has 3 fully saturated rings. The van der Waals surface area contributed by atoms with E-state index in [0.717, 1.165) is 85.0 Å². The summed E-state index contributed by atoms with van der Waals surface area (Å²) < 4.78 is 58.2. The van der Waals surface area contributed by atoms with Crippen LogP contribution in [0.3, 0.4) is 0 Å². The van der Waals surface area contributed by atoms with E-state index in [2.05, 4.69) is 19.5 Å². The Morgan fingerprint density at radius 2 is 1.63 bits per heavy atom. The number of amides is 1. The summed E-state index contributed by atoms with van der Waals surface area (Å²) in [5, 5.41) is 0.891. The second kappa shape index (κ2) is 12.8. The Balaban J connectivity index is 0.00000378. The minimum atomic E-state index is -4.43. The molecule has 0 radical (unpaired) electrons. The summed E-state index contributed by atoms with van der Waals surface area (Å²) in [4.78, 5) is 28.6. The molecule has 13 heteroatoms. The van der Waals surface area contributed by atoms with Gasteiger partial charge in [0.05, 0.1) is 28.5 Å². The molecule has 0 atom stereocenters. The average molecular weight is 709 g/mol. The predicted octanol–water partition coefficient (Wildman–Crippen LogP) is 6.65. The number of rotatable bonds is 6. The molecule has 2 aromatic carbocycles. The largest absolute Gasteiger partial charge is 0.355 e. The molecule has 1 aliphatic carbocycles. The van der Waals surface area contributed by atoms with Gasteiger partial charge in [-0.2, -0.15) is 0 Å². The molecular weight excluding hydrogens is 670 g/mol. The van der Waals surface area contributed by atoms with E-state index in [1.54, 1.807) is 30.4 Å². The first-order chi connectivity index (χ1) is 23.1. The number of fused-ring (bicyclic) bond motifs is 4. The van der Waals surface area contributed by atoms with Crippen LogP contribution in [0.15, 0.2) is 59.8 Å². The normalized spacial score (nSPS) is 19.5. The Hall–Kier alpha value is -3.87. The van der Waals surface area contributed by atoms with Crippen molar-refractivity contribution in [1.29, 1.82) is 0 Å². The van der Waals surface area contributed by atoms with Crippen LogP contribution in [0.2, 0.25) is 0 Å². The molecular formula is C36H39ClF2N6O3S. The Kier molecular flexibility index (Phi) is 8.77. The number of benzene rings is 2. The minimum Gasteiger partial charge on any atom is -0.355 e. The zero-order chi connectivity index (χ0) is 33.2. The van der Waals surface area contributed by atoms with Crippen molar-refractivity contribution in [2.75, 3.05) is 47.7 Å². The maximum atomic E-state index is 14.8. The molecule has 5 heterocycles. The highest BCUT2D eigenvalue weighted by Crippen LogP contribution is 2.55. The molecule has 1 spiro atoms. The first-order valence-corrected chi connectivity index (χ1v) is 18.3. The van der Waals surface area contributed by atoms with Crippen LogP contribution in [0.4, 0.5) is 26.0 Å². The summed E-state index contributed by atoms with van der Waals surface area (Å²) in [6.07, 6.45) is 11.7. The van der Waals surface area contributed by atoms with Gasteiger partial charge in [-0.3, -0.25) is 14.5 Å². The van der Waals surface area contributed by atoms with Gasteiger partial charge in [-0.15, -0.1) is 12.4 Å². The van der Waals surface area contributed by atoms with E-state index in [0.29, 0.717) is 36.6 Å². The number of likely N-dealkylation sites (N-methyl/N-ethyl adjacent to an activating group) is 1. The van der Waals surface area contributed by atoms with Crippen molar-refractivity contribution in [3.05, 3.63) is 72.1 Å². The molecule has 1 N–H and O–H groups in total. The van der Waals surface area contributed by atoms with Gasteiger partial charge >= 0.3 is 0 Å². The number of piperidine rings is 2. The highest BCUT2D eigenvalue weighted by molar-refractivity contribution is 7.92. The van der Waals surface area contributed by atoms with Gasteiger partial charge in [0.15, 0.2) is 5.82 Å². The number of pyridine rings is 2. The van der Waals surface area contributed by atoms with Gasteiger partial charge in [0, 0.05) is 55.0 Å². The summed E-state index contributed by atoms with van der Waals surface area (Å²) in [7, 11) is -2.64. The fraction of sp³-hybridized carbons (Fsp3) is 0.417. The zero-order valence-electron chi connectivity index (χ0n) is 27.3. The number of sulfonamides is 1. The number of halogens is 3. The van der Waals surface area contributed by atoms with Gasteiger partial charge < -0.3 is 14.7 Å². The number of carbonyl (C=O) groups is 1. The Morgan fingerprint density at radius 1 is 0.878 bits per heavy atom. The molecule has 9 nitrogen and oxygen atoms in total. The van der Waals surface area contributed by atoms with Crippen molar-refractivity contribution in [2.24, 2.45) is 0 Å². The van der Waals surface area contributed by atoms with E-state index in [-0.39, 0.29) is 24.0 Å². The van der Waals surface area contributed by atoms with Crippen LogP contribution >= 0.6 is 12.4 Å². The van der Waals surface area contributed by atoms with Gasteiger partial charge in [-0.1, -0.05) is 18.9 Å². The van der Waals surface area contributed by atoms with Crippen molar-refractivity contribution < 1.29 is 22.0 Å². The van der Waals surface area contributed by atoms with Crippen LogP contribution < -0.4 is 14.5 Å². The minimum absolute atomic E-state index is 0. The number of nitrogens with zero attached hydrogens (tertiary/aromatic N) is 5. The van der Waals surface area contributed by atoms with Gasteiger partial charge in [-0.05, 0) is 87.5 Å². The third-order valence-corrected chi connectivity index (χ3v) is 12.3. The molecule has 3 aliphatic heterocycles. The van der Waals surface area contributed by atoms with Gasteiger partial charge in [0.25, 0.3) is 10.0 Å². The van der Waals surface area contributed by atoms with Crippen molar-refractivity contribution in [3.63, 3.8) is 0 Å². The Labute approximate surface area is 291 Å². The number of hydrogen-bond donors (Lipinski definition) is 1. The number of aromatic nitrogens is 2. The number of hydrogen-bond acceptors (Lipinski definition) is 7. The molecule has 0 unspecified atom stereocenters. The van der Waals surface area contributed by atoms with Crippen LogP contribution in [0.5, 0.6) is 0 Å². The third-order valence-electron chi connectivity index (χ3n) is 10.9. The van der Waals surface area contributed by atoms with Gasteiger partial charge in [0.2, 0.25) is 5.91 Å². The standard InChI is InChI=1S/C36H38F2N6O3S.ClH/c1-42-31-22-39-29-8-6-23(18-27(29)33(31)36(35(42)45)12-5-13-36)24-19-30(41-48(46,47)32-9-7-25(37)20-28(32)38)34(40-21-24)44-16-10-26(11-17-44)43-14-3-2-4-15-43;/h6-9,18-22,26,41H,2-5,10-17H2,1H3;1H. The first kappa shape index (κ1) is 33.6. The number of nitrogens with one attached hydrogen (secondary N) is 1. The quantitative estimate of drug-likeness (QED) is 0.240. The second-order valence-electron chi connectivity index (χ2n) is 13.6. The van der Waals surface area contributed by atoms with Crippen molar-refractivity contribution in [2.45, 2.75) is 67.7 Å². The van der Waals surface area contributed by atoms with Crippen LogP contribution in [0, 0.1) is 11.6 Å². The fourth-order valence-corrected chi connectivity index (χ4v) is 9.32. The summed E-state index contributed by atoms with van der Waals surface area (Å²) in [5.74, 6) is -1.47. The van der Waals surface area contributed by atoms with Crippen LogP contribution in [-0.2, 0) is 20.2 Å². The summed E-state index contributed by atoms with van der Waals surface area (Å²) in [6.45, 7) is 3.62. The maximum absolute atomic E-state index is 14.8. The number of likely N-dealkylation sites (tertiary alicyclic amines) is 1. The summed E-state index contributed by atoms with van der Waals surface area (Å²) >= 11 is 0. The number of anilines is 3. The van der Waals surface area contributed by atoms with Crippen molar-refractivity contribution in [1.82, 2.24) is 14.9 Å². The average Bonchev–Trinajstić information content (AvgIpc) is 3.31. The van der Waals surface area contributed by atoms with E-state index in [1.165, 1.54) is 19.3 Å². The summed E-state index contributed by atoms with van der Waals surface area (Å²) in [6, 6.07) is 10.5. The van der Waals surface area contributed by atoms with E-state index in [4.69, 9.17) is 4.98 Å². The molecule has 1 saturated carbocycles. The lowest BCUT2D eigenvalue weighted by Gasteiger charge is -2.41. The maximum Gasteiger partial charge on any atom is 0.264 e. The van der Waals surface area contributed by atoms with Crippen LogP contribution in [0.25, 0.3) is 22.0 Å². The molecule has 258 valence electrons. The SMILES string of the molecule is CN1C(=O)C2(CCC2)c2c1cnc1ccc(-c3cnc(N4CCC(N5CCCCC5)CC4)c(NS(=O)(=O)c4ccc(F)cc4F)c3)cc21.Cl. The van der Waals surface area contributed by atoms with Crippen LogP contribution in [0.1, 0.15) is 56.9 Å². The molecule has 1 amide bonds. The smallest absolute Gasteiger partial charge is 0.264 e. The zero-order valence-corrected chi connectivity index (χ0v) is 28.9. The lowest BCUT2D eigenvalue weighted by atomic mass is 9.64. The monoisotopic (exact) mass is 708 g/mol. The summed E-state index contributed by atoms with van der Waals surface area (Å²) in [5.41, 5.74) is 3.72. The topological polar surface area (TPSA) is 98.7 Å². The van der Waals surface area contributed by atoms with Crippen molar-refractivity contribution >= 4 is 56.4 Å². The van der Waals surface area contributed by atoms with Gasteiger partial charge in [-0.25, -0.2) is 22.2 Å². The van der Waals surface area contributed by atoms with E-state index < -0.39 is 32.0 Å². The molecule has 4 aromatic rings. The Bertz CT molecular complexity index is 2050. The molecule has 8 rings (SSSR count). The molecule has 0 bridgehead atoms. The molecule has 4 aliphatic rings. The first-order valence-electron chi connectivity index (χ1n) is 16.8. The fourth-order valence-electron chi connectivity index (χ4n) is 8.21. The van der Waals surface area contributed by atoms with E-state index >= 15 is 0 Å². The number of carbonyl (C=O) groups excluding carboxylic acids is 1. The third kappa shape index (κ3) is 5.71. The molecule has 2 aromatic heterocycles. The van der Waals surface area contributed by atoms with Crippen molar-refractivity contribution in [3.8, 4) is 11.1 Å². The molecule has 49 heavy (non-hydrogen) atoms.